The second-order valence-electron chi connectivity index (χ2n) is 6.45. The van der Waals surface area contributed by atoms with Crippen LogP contribution in [0.15, 0.2) is 82.6 Å². The molecule has 1 amide bonds. The third-order valence-electron chi connectivity index (χ3n) is 4.30. The van der Waals surface area contributed by atoms with Gasteiger partial charge in [-0.2, -0.15) is 0 Å². The van der Waals surface area contributed by atoms with Gasteiger partial charge in [0, 0.05) is 22.5 Å². The number of rotatable bonds is 7. The number of hydrogen-bond acceptors (Lipinski definition) is 6. The van der Waals surface area contributed by atoms with Crippen molar-refractivity contribution in [1.29, 1.82) is 0 Å². The summed E-state index contributed by atoms with van der Waals surface area (Å²) in [6.07, 6.45) is 1.66. The van der Waals surface area contributed by atoms with Crippen molar-refractivity contribution in [3.8, 4) is 11.5 Å². The summed E-state index contributed by atoms with van der Waals surface area (Å²) < 4.78 is 19.0. The van der Waals surface area contributed by atoms with Gasteiger partial charge in [0.15, 0.2) is 0 Å². The molecule has 4 aromatic rings. The molecule has 2 heterocycles. The van der Waals surface area contributed by atoms with E-state index in [1.54, 1.807) is 53.6 Å². The van der Waals surface area contributed by atoms with E-state index in [0.717, 1.165) is 17.3 Å². The van der Waals surface area contributed by atoms with Gasteiger partial charge < -0.3 is 9.32 Å². The Kier molecular flexibility index (Phi) is 6.59. The number of halogens is 2. The quantitative estimate of drug-likeness (QED) is 0.355. The molecule has 0 radical (unpaired) electrons. The van der Waals surface area contributed by atoms with Crippen LogP contribution in [0, 0.1) is 5.82 Å². The van der Waals surface area contributed by atoms with Crippen molar-refractivity contribution in [2.75, 3.05) is 10.7 Å². The van der Waals surface area contributed by atoms with Crippen molar-refractivity contribution in [2.45, 2.75) is 11.8 Å². The van der Waals surface area contributed by atoms with Gasteiger partial charge in [0.1, 0.15) is 5.82 Å². The van der Waals surface area contributed by atoms with Crippen LogP contribution >= 0.6 is 23.4 Å². The number of pyridine rings is 1. The lowest BCUT2D eigenvalue weighted by molar-refractivity contribution is -0.116. The first-order chi connectivity index (χ1) is 15.1. The molecule has 0 bridgehead atoms. The Hall–Kier alpha value is -3.23. The maximum atomic E-state index is 13.4. The van der Waals surface area contributed by atoms with Crippen LogP contribution < -0.4 is 4.90 Å². The summed E-state index contributed by atoms with van der Waals surface area (Å²) in [7, 11) is 0. The van der Waals surface area contributed by atoms with Gasteiger partial charge in [-0.25, -0.2) is 4.39 Å². The molecule has 9 heteroatoms. The van der Waals surface area contributed by atoms with E-state index in [9.17, 15) is 9.18 Å². The van der Waals surface area contributed by atoms with E-state index in [0.29, 0.717) is 22.3 Å². The van der Waals surface area contributed by atoms with Crippen LogP contribution in [-0.2, 0) is 11.3 Å². The average molecular weight is 455 g/mol. The standard InChI is InChI=1S/C22H16ClFN4O2S/c23-16-6-4-15(5-7-16)21-26-27-22(30-21)31-14-20(29)28(13-18-3-1-2-12-25-18)19-10-8-17(24)9-11-19/h1-12H,13-14H2. The number of amides is 1. The number of aromatic nitrogens is 3. The van der Waals surface area contributed by atoms with Crippen molar-refractivity contribution >= 4 is 35.0 Å². The second-order valence-corrected chi connectivity index (χ2v) is 7.81. The molecule has 31 heavy (non-hydrogen) atoms. The van der Waals surface area contributed by atoms with E-state index in [1.807, 2.05) is 12.1 Å². The van der Waals surface area contributed by atoms with Crippen LogP contribution in [0.5, 0.6) is 0 Å². The van der Waals surface area contributed by atoms with E-state index in [2.05, 4.69) is 15.2 Å². The Morgan fingerprint density at radius 2 is 1.81 bits per heavy atom. The number of carbonyl (C=O) groups is 1. The Labute approximate surface area is 187 Å². The van der Waals surface area contributed by atoms with Crippen LogP contribution in [-0.4, -0.2) is 26.8 Å². The number of nitrogens with zero attached hydrogens (tertiary/aromatic N) is 4. The molecule has 0 atom stereocenters. The van der Waals surface area contributed by atoms with E-state index in [1.165, 1.54) is 12.1 Å². The Bertz CT molecular complexity index is 1150. The lowest BCUT2D eigenvalue weighted by Gasteiger charge is -2.22. The van der Waals surface area contributed by atoms with Crippen molar-refractivity contribution in [2.24, 2.45) is 0 Å². The molecule has 0 saturated carbocycles. The number of anilines is 1. The fraction of sp³-hybridized carbons (Fsp3) is 0.0909. The van der Waals surface area contributed by atoms with Crippen LogP contribution in [0.4, 0.5) is 10.1 Å². The van der Waals surface area contributed by atoms with Gasteiger partial charge in [0.05, 0.1) is 18.0 Å². The maximum Gasteiger partial charge on any atom is 0.277 e. The minimum Gasteiger partial charge on any atom is -0.411 e. The number of hydrogen-bond donors (Lipinski definition) is 0. The zero-order valence-electron chi connectivity index (χ0n) is 16.1. The third kappa shape index (κ3) is 5.48. The predicted octanol–water partition coefficient (Wildman–Crippen LogP) is 5.25. The molecule has 0 aliphatic rings. The van der Waals surface area contributed by atoms with Gasteiger partial charge >= 0.3 is 0 Å². The van der Waals surface area contributed by atoms with Gasteiger partial charge in [0.2, 0.25) is 11.8 Å². The molecule has 156 valence electrons. The lowest BCUT2D eigenvalue weighted by atomic mass is 10.2. The summed E-state index contributed by atoms with van der Waals surface area (Å²) in [5, 5.41) is 8.89. The zero-order chi connectivity index (χ0) is 21.6. The van der Waals surface area contributed by atoms with Gasteiger partial charge in [-0.05, 0) is 60.7 Å². The van der Waals surface area contributed by atoms with Crippen LogP contribution in [0.25, 0.3) is 11.5 Å². The summed E-state index contributed by atoms with van der Waals surface area (Å²) in [5.41, 5.74) is 2.02. The molecule has 4 rings (SSSR count). The first-order valence-electron chi connectivity index (χ1n) is 9.26. The number of thioether (sulfide) groups is 1. The van der Waals surface area contributed by atoms with Gasteiger partial charge in [-0.15, -0.1) is 10.2 Å². The molecule has 0 aliphatic heterocycles. The van der Waals surface area contributed by atoms with Crippen LogP contribution in [0.3, 0.4) is 0 Å². The van der Waals surface area contributed by atoms with E-state index >= 15 is 0 Å². The van der Waals surface area contributed by atoms with Gasteiger partial charge in [0.25, 0.3) is 5.22 Å². The van der Waals surface area contributed by atoms with E-state index < -0.39 is 0 Å². The highest BCUT2D eigenvalue weighted by molar-refractivity contribution is 7.99. The number of carbonyl (C=O) groups excluding carboxylic acids is 1. The Morgan fingerprint density at radius 3 is 2.52 bits per heavy atom. The SMILES string of the molecule is O=C(CSc1nnc(-c2ccc(Cl)cc2)o1)N(Cc1ccccn1)c1ccc(F)cc1. The normalized spacial score (nSPS) is 10.8. The second kappa shape index (κ2) is 9.72. The third-order valence-corrected chi connectivity index (χ3v) is 5.36. The van der Waals surface area contributed by atoms with Crippen molar-refractivity contribution in [1.82, 2.24) is 15.2 Å². The first kappa shape index (κ1) is 21.0. The molecule has 2 aromatic heterocycles. The monoisotopic (exact) mass is 454 g/mol. The first-order valence-corrected chi connectivity index (χ1v) is 10.6. The van der Waals surface area contributed by atoms with E-state index in [4.69, 9.17) is 16.0 Å². The predicted molar refractivity (Wildman–Crippen MR) is 117 cm³/mol. The molecule has 2 aromatic carbocycles. The zero-order valence-corrected chi connectivity index (χ0v) is 17.7. The van der Waals surface area contributed by atoms with Crippen LogP contribution in [0.1, 0.15) is 5.69 Å². The Balaban J connectivity index is 1.47. The van der Waals surface area contributed by atoms with Crippen molar-refractivity contribution in [3.63, 3.8) is 0 Å². The topological polar surface area (TPSA) is 72.1 Å². The number of benzene rings is 2. The summed E-state index contributed by atoms with van der Waals surface area (Å²) in [6, 6.07) is 18.3. The molecule has 0 saturated heterocycles. The molecular weight excluding hydrogens is 439 g/mol. The molecule has 0 N–H and O–H groups in total. The van der Waals surface area contributed by atoms with Crippen LogP contribution in [0.2, 0.25) is 5.02 Å². The summed E-state index contributed by atoms with van der Waals surface area (Å²) >= 11 is 7.03. The largest absolute Gasteiger partial charge is 0.411 e. The fourth-order valence-electron chi connectivity index (χ4n) is 2.78. The smallest absolute Gasteiger partial charge is 0.277 e. The fourth-order valence-corrected chi connectivity index (χ4v) is 3.54. The maximum absolute atomic E-state index is 13.4. The minimum atomic E-state index is -0.371. The van der Waals surface area contributed by atoms with E-state index in [-0.39, 0.29) is 29.2 Å². The van der Waals surface area contributed by atoms with Crippen molar-refractivity contribution < 1.29 is 13.6 Å². The highest BCUT2D eigenvalue weighted by Gasteiger charge is 2.19. The molecular formula is C22H16ClFN4O2S. The van der Waals surface area contributed by atoms with Gasteiger partial charge in [-0.1, -0.05) is 29.4 Å². The average Bonchev–Trinajstić information content (AvgIpc) is 3.27. The Morgan fingerprint density at radius 1 is 1.03 bits per heavy atom. The molecule has 0 spiro atoms. The summed E-state index contributed by atoms with van der Waals surface area (Å²) in [6.45, 7) is 0.256. The molecule has 6 nitrogen and oxygen atoms in total. The summed E-state index contributed by atoms with van der Waals surface area (Å²) in [5.74, 6) is -0.167. The van der Waals surface area contributed by atoms with Gasteiger partial charge in [-0.3, -0.25) is 9.78 Å². The summed E-state index contributed by atoms with van der Waals surface area (Å²) in [4.78, 5) is 18.8. The highest BCUT2D eigenvalue weighted by Crippen LogP contribution is 2.26. The minimum absolute atomic E-state index is 0.0620. The lowest BCUT2D eigenvalue weighted by Crippen LogP contribution is -2.32. The molecule has 0 fully saturated rings. The molecule has 0 unspecified atom stereocenters. The highest BCUT2D eigenvalue weighted by atomic mass is 35.5. The van der Waals surface area contributed by atoms with Crippen molar-refractivity contribution in [3.05, 3.63) is 89.5 Å². The molecule has 0 aliphatic carbocycles.